The number of fused-ring (bicyclic) bond motifs is 1. The standard InChI is InChI=1S/C25H23ClF3N5O2S/c26-19-3-2-17(20(13-19)25(27,28)29)15-34-21-4-1-16(11-18(21)14-31-34)12-22-23(35)33(24(36)37-22)10-9-32-7-5-30-6-8-32/h1-4,11-14,30H,5-10,15H2/b22-12-. The van der Waals surface area contributed by atoms with Gasteiger partial charge in [0.15, 0.2) is 0 Å². The van der Waals surface area contributed by atoms with Crippen LogP contribution in [0.3, 0.4) is 0 Å². The Hall–Kier alpha value is -2.86. The van der Waals surface area contributed by atoms with E-state index in [1.807, 2.05) is 0 Å². The maximum Gasteiger partial charge on any atom is 0.416 e. The third-order valence-corrected chi connectivity index (χ3v) is 7.53. The van der Waals surface area contributed by atoms with Crippen LogP contribution >= 0.6 is 23.4 Å². The summed E-state index contributed by atoms with van der Waals surface area (Å²) in [7, 11) is 0. The molecule has 0 bridgehead atoms. The highest BCUT2D eigenvalue weighted by Crippen LogP contribution is 2.35. The van der Waals surface area contributed by atoms with Crippen LogP contribution in [0.25, 0.3) is 17.0 Å². The van der Waals surface area contributed by atoms with Gasteiger partial charge in [0.1, 0.15) is 0 Å². The number of benzene rings is 2. The number of piperazine rings is 1. The smallest absolute Gasteiger partial charge is 0.314 e. The van der Waals surface area contributed by atoms with Crippen molar-refractivity contribution in [1.29, 1.82) is 0 Å². The molecule has 2 fully saturated rings. The lowest BCUT2D eigenvalue weighted by molar-refractivity contribution is -0.138. The first-order valence-corrected chi connectivity index (χ1v) is 12.9. The zero-order chi connectivity index (χ0) is 26.2. The monoisotopic (exact) mass is 549 g/mol. The average molecular weight is 550 g/mol. The number of carbonyl (C=O) groups is 2. The number of alkyl halides is 3. The van der Waals surface area contributed by atoms with Gasteiger partial charge in [-0.3, -0.25) is 24.1 Å². The van der Waals surface area contributed by atoms with E-state index in [1.165, 1.54) is 21.7 Å². The molecule has 0 saturated carbocycles. The van der Waals surface area contributed by atoms with E-state index in [4.69, 9.17) is 11.6 Å². The SMILES string of the molecule is O=C1S/C(=C\c2ccc3c(cnn3Cc3ccc(Cl)cc3C(F)(F)F)c2)C(=O)N1CCN1CCNCC1. The molecule has 2 aliphatic rings. The third-order valence-electron chi connectivity index (χ3n) is 6.38. The van der Waals surface area contributed by atoms with Crippen LogP contribution < -0.4 is 5.32 Å². The molecule has 2 amide bonds. The Morgan fingerprint density at radius 2 is 1.86 bits per heavy atom. The fraction of sp³-hybridized carbons (Fsp3) is 0.320. The third kappa shape index (κ3) is 5.69. The molecule has 12 heteroatoms. The molecule has 2 aromatic carbocycles. The molecule has 7 nitrogen and oxygen atoms in total. The van der Waals surface area contributed by atoms with Crippen LogP contribution in [-0.2, 0) is 17.5 Å². The number of carbonyl (C=O) groups excluding carboxylic acids is 2. The molecule has 0 spiro atoms. The van der Waals surface area contributed by atoms with Gasteiger partial charge in [-0.15, -0.1) is 0 Å². The lowest BCUT2D eigenvalue weighted by atomic mass is 10.1. The lowest BCUT2D eigenvalue weighted by Crippen LogP contribution is -2.46. The van der Waals surface area contributed by atoms with Crippen molar-refractivity contribution in [3.8, 4) is 0 Å². The van der Waals surface area contributed by atoms with Gasteiger partial charge in [0.2, 0.25) is 0 Å². The molecule has 0 radical (unpaired) electrons. The second-order valence-corrected chi connectivity index (χ2v) is 10.3. The molecule has 5 rings (SSSR count). The van der Waals surface area contributed by atoms with Crippen molar-refractivity contribution >= 4 is 51.5 Å². The fourth-order valence-electron chi connectivity index (χ4n) is 4.45. The Balaban J connectivity index is 1.32. The van der Waals surface area contributed by atoms with Gasteiger partial charge in [-0.1, -0.05) is 23.7 Å². The van der Waals surface area contributed by atoms with Crippen molar-refractivity contribution in [1.82, 2.24) is 24.9 Å². The fourth-order valence-corrected chi connectivity index (χ4v) is 5.49. The van der Waals surface area contributed by atoms with Crippen LogP contribution in [0.4, 0.5) is 18.0 Å². The number of rotatable bonds is 6. The summed E-state index contributed by atoms with van der Waals surface area (Å²) in [5.41, 5.74) is 0.597. The van der Waals surface area contributed by atoms with Gasteiger partial charge in [-0.25, -0.2) is 0 Å². The normalized spacial score (nSPS) is 18.5. The van der Waals surface area contributed by atoms with Crippen LogP contribution in [0.15, 0.2) is 47.5 Å². The summed E-state index contributed by atoms with van der Waals surface area (Å²) in [4.78, 5) is 29.2. The molecule has 0 unspecified atom stereocenters. The van der Waals surface area contributed by atoms with Crippen molar-refractivity contribution < 1.29 is 22.8 Å². The van der Waals surface area contributed by atoms with Crippen LogP contribution in [0.1, 0.15) is 16.7 Å². The quantitative estimate of drug-likeness (QED) is 0.450. The molecule has 3 heterocycles. The van der Waals surface area contributed by atoms with E-state index in [9.17, 15) is 22.8 Å². The Kier molecular flexibility index (Phi) is 7.30. The minimum absolute atomic E-state index is 0.0132. The number of imide groups is 1. The highest BCUT2D eigenvalue weighted by molar-refractivity contribution is 8.18. The first-order chi connectivity index (χ1) is 17.7. The van der Waals surface area contributed by atoms with Gasteiger partial charge in [0.05, 0.1) is 28.7 Å². The number of hydrogen-bond acceptors (Lipinski definition) is 6. The van der Waals surface area contributed by atoms with Crippen molar-refractivity contribution in [3.63, 3.8) is 0 Å². The van der Waals surface area contributed by atoms with E-state index in [1.54, 1.807) is 30.5 Å². The lowest BCUT2D eigenvalue weighted by Gasteiger charge is -2.28. The predicted molar refractivity (Wildman–Crippen MR) is 137 cm³/mol. The molecule has 2 aliphatic heterocycles. The Morgan fingerprint density at radius 1 is 1.08 bits per heavy atom. The van der Waals surface area contributed by atoms with Crippen LogP contribution in [-0.4, -0.2) is 70.0 Å². The van der Waals surface area contributed by atoms with Gasteiger partial charge in [0.25, 0.3) is 11.1 Å². The van der Waals surface area contributed by atoms with E-state index in [0.29, 0.717) is 34.5 Å². The Labute approximate surface area is 220 Å². The highest BCUT2D eigenvalue weighted by Gasteiger charge is 2.35. The van der Waals surface area contributed by atoms with Crippen molar-refractivity contribution in [2.75, 3.05) is 39.3 Å². The molecule has 3 aromatic rings. The number of halogens is 4. The molecule has 0 aliphatic carbocycles. The van der Waals surface area contributed by atoms with E-state index in [-0.39, 0.29) is 28.3 Å². The Bertz CT molecular complexity index is 1380. The zero-order valence-electron chi connectivity index (χ0n) is 19.6. The summed E-state index contributed by atoms with van der Waals surface area (Å²) in [6.07, 6.45) is -1.31. The summed E-state index contributed by atoms with van der Waals surface area (Å²) in [6.45, 7) is 4.46. The highest BCUT2D eigenvalue weighted by atomic mass is 35.5. The molecule has 1 aromatic heterocycles. The van der Waals surface area contributed by atoms with Gasteiger partial charge in [-0.2, -0.15) is 18.3 Å². The predicted octanol–water partition coefficient (Wildman–Crippen LogP) is 4.70. The molecular weight excluding hydrogens is 527 g/mol. The molecule has 0 atom stereocenters. The first-order valence-electron chi connectivity index (χ1n) is 11.7. The maximum atomic E-state index is 13.5. The van der Waals surface area contributed by atoms with Crippen LogP contribution in [0.5, 0.6) is 0 Å². The molecule has 194 valence electrons. The van der Waals surface area contributed by atoms with Gasteiger partial charge in [0, 0.05) is 49.7 Å². The number of nitrogens with one attached hydrogen (secondary N) is 1. The zero-order valence-corrected chi connectivity index (χ0v) is 21.2. The number of hydrogen-bond donors (Lipinski definition) is 1. The summed E-state index contributed by atoms with van der Waals surface area (Å²) >= 11 is 6.70. The first kappa shape index (κ1) is 25.8. The molecule has 37 heavy (non-hydrogen) atoms. The summed E-state index contributed by atoms with van der Waals surface area (Å²) < 4.78 is 42.0. The minimum Gasteiger partial charge on any atom is -0.314 e. The summed E-state index contributed by atoms with van der Waals surface area (Å²) in [5, 5.41) is 7.97. The Morgan fingerprint density at radius 3 is 2.62 bits per heavy atom. The summed E-state index contributed by atoms with van der Waals surface area (Å²) in [6, 6.07) is 8.98. The van der Waals surface area contributed by atoms with Gasteiger partial charge in [-0.05, 0) is 53.2 Å². The molecule has 2 saturated heterocycles. The molecular formula is C25H23ClF3N5O2S. The summed E-state index contributed by atoms with van der Waals surface area (Å²) in [5.74, 6) is -0.316. The van der Waals surface area contributed by atoms with Gasteiger partial charge >= 0.3 is 6.18 Å². The van der Waals surface area contributed by atoms with E-state index in [2.05, 4.69) is 15.3 Å². The van der Waals surface area contributed by atoms with Crippen molar-refractivity contribution in [3.05, 3.63) is 69.2 Å². The minimum atomic E-state index is -4.54. The van der Waals surface area contributed by atoms with Gasteiger partial charge < -0.3 is 5.32 Å². The second kappa shape index (κ2) is 10.5. The van der Waals surface area contributed by atoms with Crippen molar-refractivity contribution in [2.45, 2.75) is 12.7 Å². The second-order valence-electron chi connectivity index (χ2n) is 8.84. The van der Waals surface area contributed by atoms with E-state index >= 15 is 0 Å². The largest absolute Gasteiger partial charge is 0.416 e. The molecule has 1 N–H and O–H groups in total. The maximum absolute atomic E-state index is 13.5. The number of aromatic nitrogens is 2. The van der Waals surface area contributed by atoms with E-state index in [0.717, 1.165) is 44.0 Å². The van der Waals surface area contributed by atoms with Crippen LogP contribution in [0, 0.1) is 0 Å². The van der Waals surface area contributed by atoms with Crippen LogP contribution in [0.2, 0.25) is 5.02 Å². The topological polar surface area (TPSA) is 70.5 Å². The number of amides is 2. The number of thioether (sulfide) groups is 1. The van der Waals surface area contributed by atoms with E-state index < -0.39 is 11.7 Å². The van der Waals surface area contributed by atoms with Crippen molar-refractivity contribution in [2.24, 2.45) is 0 Å². The average Bonchev–Trinajstić information content (AvgIpc) is 3.38. The number of nitrogens with zero attached hydrogens (tertiary/aromatic N) is 4.